The molecule has 4 nitrogen and oxygen atoms in total. The lowest BCUT2D eigenvalue weighted by molar-refractivity contribution is 0.193. The Kier molecular flexibility index (Phi) is 3.34. The van der Waals surface area contributed by atoms with Gasteiger partial charge in [-0.25, -0.2) is 4.79 Å². The molecule has 0 unspecified atom stereocenters. The molecular formula is C8H16N2O2. The van der Waals surface area contributed by atoms with Gasteiger partial charge in [0.25, 0.3) is 0 Å². The molecule has 1 heterocycles. The van der Waals surface area contributed by atoms with E-state index < -0.39 is 0 Å². The molecule has 2 N–H and O–H groups in total. The number of rotatable bonds is 2. The highest BCUT2D eigenvalue weighted by molar-refractivity contribution is 5.74. The molecule has 1 atom stereocenters. The Morgan fingerprint density at radius 1 is 1.58 bits per heavy atom. The van der Waals surface area contributed by atoms with Crippen molar-refractivity contribution >= 4 is 6.03 Å². The molecule has 0 radical (unpaired) electrons. The van der Waals surface area contributed by atoms with Crippen molar-refractivity contribution in [2.24, 2.45) is 0 Å². The van der Waals surface area contributed by atoms with Crippen LogP contribution in [0, 0.1) is 0 Å². The molecule has 70 valence electrons. The van der Waals surface area contributed by atoms with Crippen molar-refractivity contribution in [3.63, 3.8) is 0 Å². The molecule has 0 saturated carbocycles. The zero-order valence-electron chi connectivity index (χ0n) is 7.42. The first-order valence-corrected chi connectivity index (χ1v) is 4.40. The summed E-state index contributed by atoms with van der Waals surface area (Å²) in [5.41, 5.74) is 0. The number of carbonyl (C=O) groups excluding carboxylic acids is 1. The molecule has 1 saturated heterocycles. The van der Waals surface area contributed by atoms with E-state index in [9.17, 15) is 4.79 Å². The standard InChI is InChI=1S/C8H16N2O2/c1-7(6-11)9-8(12)10-4-2-3-5-10/h7,11H,2-6H2,1H3,(H,9,12)/t7-/m0/s1. The van der Waals surface area contributed by atoms with Crippen LogP contribution in [-0.4, -0.2) is 41.8 Å². The van der Waals surface area contributed by atoms with E-state index in [-0.39, 0.29) is 18.7 Å². The summed E-state index contributed by atoms with van der Waals surface area (Å²) < 4.78 is 0. The molecule has 0 bridgehead atoms. The van der Waals surface area contributed by atoms with Gasteiger partial charge < -0.3 is 15.3 Å². The lowest BCUT2D eigenvalue weighted by Gasteiger charge is -2.18. The van der Waals surface area contributed by atoms with Gasteiger partial charge >= 0.3 is 6.03 Å². The Balaban J connectivity index is 2.27. The normalized spacial score (nSPS) is 19.3. The second-order valence-corrected chi connectivity index (χ2v) is 3.23. The van der Waals surface area contributed by atoms with Crippen LogP contribution in [0.15, 0.2) is 0 Å². The van der Waals surface area contributed by atoms with Crippen molar-refractivity contribution in [1.29, 1.82) is 0 Å². The predicted octanol–water partition coefficient (Wildman–Crippen LogP) is 0.173. The van der Waals surface area contributed by atoms with E-state index in [1.807, 2.05) is 0 Å². The van der Waals surface area contributed by atoms with E-state index in [2.05, 4.69) is 5.32 Å². The molecular weight excluding hydrogens is 156 g/mol. The number of urea groups is 1. The molecule has 0 spiro atoms. The molecule has 1 aliphatic heterocycles. The maximum Gasteiger partial charge on any atom is 0.317 e. The van der Waals surface area contributed by atoms with Gasteiger partial charge in [-0.05, 0) is 19.8 Å². The first-order chi connectivity index (χ1) is 5.74. The van der Waals surface area contributed by atoms with Crippen molar-refractivity contribution < 1.29 is 9.90 Å². The lowest BCUT2D eigenvalue weighted by atomic mass is 10.4. The third-order valence-electron chi connectivity index (χ3n) is 2.04. The minimum atomic E-state index is -0.141. The van der Waals surface area contributed by atoms with Crippen LogP contribution in [-0.2, 0) is 0 Å². The Bertz CT molecular complexity index is 155. The second kappa shape index (κ2) is 4.30. The first-order valence-electron chi connectivity index (χ1n) is 4.40. The van der Waals surface area contributed by atoms with E-state index in [1.165, 1.54) is 0 Å². The third-order valence-corrected chi connectivity index (χ3v) is 2.04. The van der Waals surface area contributed by atoms with Gasteiger partial charge in [0.1, 0.15) is 0 Å². The van der Waals surface area contributed by atoms with Crippen LogP contribution in [0.25, 0.3) is 0 Å². The summed E-state index contributed by atoms with van der Waals surface area (Å²) >= 11 is 0. The number of carbonyl (C=O) groups is 1. The smallest absolute Gasteiger partial charge is 0.317 e. The Labute approximate surface area is 72.6 Å². The van der Waals surface area contributed by atoms with Crippen molar-refractivity contribution in [2.45, 2.75) is 25.8 Å². The summed E-state index contributed by atoms with van der Waals surface area (Å²) in [6, 6.07) is -0.188. The first kappa shape index (κ1) is 9.32. The molecule has 4 heteroatoms. The Hall–Kier alpha value is -0.770. The zero-order valence-corrected chi connectivity index (χ0v) is 7.42. The fourth-order valence-electron chi connectivity index (χ4n) is 1.27. The van der Waals surface area contributed by atoms with Gasteiger partial charge in [0, 0.05) is 13.1 Å². The molecule has 0 aromatic carbocycles. The van der Waals surface area contributed by atoms with Crippen molar-refractivity contribution in [2.75, 3.05) is 19.7 Å². The Morgan fingerprint density at radius 2 is 2.17 bits per heavy atom. The molecule has 0 aliphatic carbocycles. The van der Waals surface area contributed by atoms with Gasteiger partial charge in [-0.3, -0.25) is 0 Å². The number of likely N-dealkylation sites (tertiary alicyclic amines) is 1. The van der Waals surface area contributed by atoms with E-state index in [0.29, 0.717) is 0 Å². The van der Waals surface area contributed by atoms with Crippen LogP contribution >= 0.6 is 0 Å². The highest BCUT2D eigenvalue weighted by Gasteiger charge is 2.18. The predicted molar refractivity (Wildman–Crippen MR) is 45.9 cm³/mol. The van der Waals surface area contributed by atoms with Gasteiger partial charge in [0.15, 0.2) is 0 Å². The fourth-order valence-corrected chi connectivity index (χ4v) is 1.27. The molecule has 12 heavy (non-hydrogen) atoms. The number of amides is 2. The molecule has 1 fully saturated rings. The quantitative estimate of drug-likeness (QED) is 0.624. The monoisotopic (exact) mass is 172 g/mol. The van der Waals surface area contributed by atoms with Crippen LogP contribution in [0.1, 0.15) is 19.8 Å². The van der Waals surface area contributed by atoms with Gasteiger partial charge in [-0.15, -0.1) is 0 Å². The Morgan fingerprint density at radius 3 is 2.67 bits per heavy atom. The van der Waals surface area contributed by atoms with Crippen molar-refractivity contribution in [1.82, 2.24) is 10.2 Å². The van der Waals surface area contributed by atoms with E-state index in [0.717, 1.165) is 25.9 Å². The van der Waals surface area contributed by atoms with Crippen LogP contribution in [0.2, 0.25) is 0 Å². The SMILES string of the molecule is C[C@@H](CO)NC(=O)N1CCCC1. The average Bonchev–Trinajstić information content (AvgIpc) is 2.56. The van der Waals surface area contributed by atoms with Crippen molar-refractivity contribution in [3.8, 4) is 0 Å². The van der Waals surface area contributed by atoms with Gasteiger partial charge in [0.05, 0.1) is 12.6 Å². The van der Waals surface area contributed by atoms with Gasteiger partial charge in [-0.1, -0.05) is 0 Å². The summed E-state index contributed by atoms with van der Waals surface area (Å²) in [6.07, 6.45) is 2.20. The summed E-state index contributed by atoms with van der Waals surface area (Å²) in [5.74, 6) is 0. The number of nitrogens with one attached hydrogen (secondary N) is 1. The molecule has 2 amide bonds. The molecule has 0 aromatic heterocycles. The average molecular weight is 172 g/mol. The summed E-state index contributed by atoms with van der Waals surface area (Å²) in [4.78, 5) is 13.1. The highest BCUT2D eigenvalue weighted by atomic mass is 16.3. The van der Waals surface area contributed by atoms with Crippen molar-refractivity contribution in [3.05, 3.63) is 0 Å². The molecule has 1 aliphatic rings. The fraction of sp³-hybridized carbons (Fsp3) is 0.875. The number of aliphatic hydroxyl groups is 1. The van der Waals surface area contributed by atoms with Crippen LogP contribution in [0.5, 0.6) is 0 Å². The third kappa shape index (κ3) is 2.37. The summed E-state index contributed by atoms with van der Waals surface area (Å²) in [7, 11) is 0. The second-order valence-electron chi connectivity index (χ2n) is 3.23. The minimum Gasteiger partial charge on any atom is -0.394 e. The van der Waals surface area contributed by atoms with E-state index in [1.54, 1.807) is 11.8 Å². The minimum absolute atomic E-state index is 0.000417. The van der Waals surface area contributed by atoms with Gasteiger partial charge in [-0.2, -0.15) is 0 Å². The zero-order chi connectivity index (χ0) is 8.97. The number of hydrogen-bond acceptors (Lipinski definition) is 2. The summed E-state index contributed by atoms with van der Waals surface area (Å²) in [6.45, 7) is 3.49. The van der Waals surface area contributed by atoms with Crippen LogP contribution in [0.4, 0.5) is 4.79 Å². The van der Waals surface area contributed by atoms with Gasteiger partial charge in [0.2, 0.25) is 0 Å². The largest absolute Gasteiger partial charge is 0.394 e. The highest BCUT2D eigenvalue weighted by Crippen LogP contribution is 2.06. The van der Waals surface area contributed by atoms with Crippen LogP contribution < -0.4 is 5.32 Å². The van der Waals surface area contributed by atoms with E-state index in [4.69, 9.17) is 5.11 Å². The lowest BCUT2D eigenvalue weighted by Crippen LogP contribution is -2.43. The topological polar surface area (TPSA) is 52.6 Å². The molecule has 0 aromatic rings. The number of aliphatic hydroxyl groups excluding tert-OH is 1. The number of hydrogen-bond donors (Lipinski definition) is 2. The maximum absolute atomic E-state index is 11.3. The molecule has 1 rings (SSSR count). The number of nitrogens with zero attached hydrogens (tertiary/aromatic N) is 1. The van der Waals surface area contributed by atoms with E-state index >= 15 is 0 Å². The summed E-state index contributed by atoms with van der Waals surface area (Å²) in [5, 5.41) is 11.4. The maximum atomic E-state index is 11.3. The van der Waals surface area contributed by atoms with Crippen LogP contribution in [0.3, 0.4) is 0 Å².